The molecule has 6 nitrogen and oxygen atoms in total. The van der Waals surface area contributed by atoms with Gasteiger partial charge in [-0.25, -0.2) is 0 Å². The fraction of sp³-hybridized carbons (Fsp3) is 0.385. The van der Waals surface area contributed by atoms with Crippen LogP contribution in [0.15, 0.2) is 24.3 Å². The Kier molecular flexibility index (Phi) is 3.71. The van der Waals surface area contributed by atoms with Crippen molar-refractivity contribution in [1.82, 2.24) is 4.90 Å². The van der Waals surface area contributed by atoms with Crippen LogP contribution >= 0.6 is 0 Å². The fourth-order valence-corrected chi connectivity index (χ4v) is 2.37. The Balaban J connectivity index is 2.30. The van der Waals surface area contributed by atoms with Crippen LogP contribution in [0.3, 0.4) is 0 Å². The van der Waals surface area contributed by atoms with Crippen LogP contribution in [0, 0.1) is 0 Å². The van der Waals surface area contributed by atoms with Crippen LogP contribution in [0.1, 0.15) is 24.4 Å². The number of carbonyl (C=O) groups is 2. The number of nitrogens with two attached hydrogens (primary N) is 1. The summed E-state index contributed by atoms with van der Waals surface area (Å²) in [5.41, 5.74) is 6.33. The van der Waals surface area contributed by atoms with E-state index in [9.17, 15) is 14.7 Å². The van der Waals surface area contributed by atoms with E-state index in [1.807, 2.05) is 0 Å². The van der Waals surface area contributed by atoms with Crippen molar-refractivity contribution in [2.75, 3.05) is 6.54 Å². The molecule has 1 aliphatic rings. The van der Waals surface area contributed by atoms with Gasteiger partial charge >= 0.3 is 5.97 Å². The smallest absolute Gasteiger partial charge is 0.305 e. The lowest BCUT2D eigenvalue weighted by Crippen LogP contribution is -2.33. The Bertz CT molecular complexity index is 503. The van der Waals surface area contributed by atoms with Gasteiger partial charge in [0.1, 0.15) is 5.75 Å². The number of hydrogen-bond donors (Lipinski definition) is 3. The molecule has 0 radical (unpaired) electrons. The summed E-state index contributed by atoms with van der Waals surface area (Å²) in [4.78, 5) is 24.3. The van der Waals surface area contributed by atoms with Gasteiger partial charge in [-0.3, -0.25) is 9.59 Å². The molecule has 2 atom stereocenters. The molecule has 0 aliphatic carbocycles. The molecule has 1 heterocycles. The number of carboxylic acids is 1. The Morgan fingerprint density at radius 2 is 2.26 bits per heavy atom. The molecule has 0 bridgehead atoms. The molecule has 102 valence electrons. The molecule has 2 rings (SSSR count). The van der Waals surface area contributed by atoms with Crippen molar-refractivity contribution in [2.45, 2.75) is 24.9 Å². The first-order valence-corrected chi connectivity index (χ1v) is 6.03. The monoisotopic (exact) mass is 264 g/mol. The SMILES string of the molecule is NC1CC(=O)N(C(CC(=O)O)c2cccc(O)c2)C1. The van der Waals surface area contributed by atoms with Gasteiger partial charge < -0.3 is 20.8 Å². The number of nitrogens with zero attached hydrogens (tertiary/aromatic N) is 1. The van der Waals surface area contributed by atoms with E-state index in [2.05, 4.69) is 0 Å². The van der Waals surface area contributed by atoms with Crippen molar-refractivity contribution in [3.05, 3.63) is 29.8 Å². The largest absolute Gasteiger partial charge is 0.508 e. The van der Waals surface area contributed by atoms with Crippen LogP contribution in [0.4, 0.5) is 0 Å². The lowest BCUT2D eigenvalue weighted by molar-refractivity contribution is -0.139. The summed E-state index contributed by atoms with van der Waals surface area (Å²) in [6.07, 6.45) is 0.0247. The van der Waals surface area contributed by atoms with E-state index >= 15 is 0 Å². The van der Waals surface area contributed by atoms with E-state index in [1.54, 1.807) is 12.1 Å². The third-order valence-corrected chi connectivity index (χ3v) is 3.19. The zero-order valence-electron chi connectivity index (χ0n) is 10.3. The maximum absolute atomic E-state index is 11.9. The summed E-state index contributed by atoms with van der Waals surface area (Å²) in [5, 5.41) is 18.5. The van der Waals surface area contributed by atoms with E-state index in [-0.39, 0.29) is 30.5 Å². The van der Waals surface area contributed by atoms with Crippen molar-refractivity contribution >= 4 is 11.9 Å². The lowest BCUT2D eigenvalue weighted by Gasteiger charge is -2.27. The molecule has 1 saturated heterocycles. The number of hydrogen-bond acceptors (Lipinski definition) is 4. The molecular weight excluding hydrogens is 248 g/mol. The van der Waals surface area contributed by atoms with Crippen molar-refractivity contribution in [3.63, 3.8) is 0 Å². The van der Waals surface area contributed by atoms with Gasteiger partial charge in [0, 0.05) is 19.0 Å². The van der Waals surface area contributed by atoms with E-state index in [0.29, 0.717) is 12.1 Å². The molecule has 0 aromatic heterocycles. The zero-order chi connectivity index (χ0) is 14.0. The summed E-state index contributed by atoms with van der Waals surface area (Å²) in [6.45, 7) is 0.340. The number of aliphatic carboxylic acids is 1. The number of amides is 1. The molecular formula is C13H16N2O4. The van der Waals surface area contributed by atoms with Gasteiger partial charge in [0.2, 0.25) is 5.91 Å². The number of likely N-dealkylation sites (tertiary alicyclic amines) is 1. The fourth-order valence-electron chi connectivity index (χ4n) is 2.37. The molecule has 0 saturated carbocycles. The van der Waals surface area contributed by atoms with E-state index in [4.69, 9.17) is 10.8 Å². The number of phenols is 1. The molecule has 1 aromatic carbocycles. The minimum atomic E-state index is -0.999. The van der Waals surface area contributed by atoms with Gasteiger partial charge in [-0.2, -0.15) is 0 Å². The van der Waals surface area contributed by atoms with Crippen molar-refractivity contribution in [3.8, 4) is 5.75 Å². The maximum atomic E-state index is 11.9. The highest BCUT2D eigenvalue weighted by molar-refractivity contribution is 5.80. The lowest BCUT2D eigenvalue weighted by atomic mass is 10.0. The molecule has 2 unspecified atom stereocenters. The van der Waals surface area contributed by atoms with Crippen LogP contribution in [0.5, 0.6) is 5.75 Å². The van der Waals surface area contributed by atoms with Crippen molar-refractivity contribution in [2.24, 2.45) is 5.73 Å². The molecule has 1 aliphatic heterocycles. The van der Waals surface area contributed by atoms with E-state index < -0.39 is 12.0 Å². The highest BCUT2D eigenvalue weighted by atomic mass is 16.4. The summed E-state index contributed by atoms with van der Waals surface area (Å²) in [5.74, 6) is -1.10. The number of aromatic hydroxyl groups is 1. The Morgan fingerprint density at radius 3 is 2.79 bits per heavy atom. The average Bonchev–Trinajstić information content (AvgIpc) is 2.65. The third kappa shape index (κ3) is 3.03. The Hall–Kier alpha value is -2.08. The van der Waals surface area contributed by atoms with Crippen LogP contribution in [-0.4, -0.2) is 39.6 Å². The first kappa shape index (κ1) is 13.4. The van der Waals surface area contributed by atoms with Gasteiger partial charge in [-0.15, -0.1) is 0 Å². The van der Waals surface area contributed by atoms with Gasteiger partial charge in [0.25, 0.3) is 0 Å². The molecule has 6 heteroatoms. The van der Waals surface area contributed by atoms with Gasteiger partial charge in [0.15, 0.2) is 0 Å². The highest BCUT2D eigenvalue weighted by Gasteiger charge is 2.34. The van der Waals surface area contributed by atoms with Crippen molar-refractivity contribution in [1.29, 1.82) is 0 Å². The third-order valence-electron chi connectivity index (χ3n) is 3.19. The summed E-state index contributed by atoms with van der Waals surface area (Å²) in [6, 6.07) is 5.44. The second-order valence-electron chi connectivity index (χ2n) is 4.72. The first-order valence-electron chi connectivity index (χ1n) is 6.03. The number of benzene rings is 1. The second-order valence-corrected chi connectivity index (χ2v) is 4.72. The first-order chi connectivity index (χ1) is 8.97. The molecule has 4 N–H and O–H groups in total. The van der Waals surface area contributed by atoms with E-state index in [1.165, 1.54) is 17.0 Å². The minimum absolute atomic E-state index is 0.0452. The van der Waals surface area contributed by atoms with Gasteiger partial charge in [-0.1, -0.05) is 12.1 Å². The summed E-state index contributed by atoms with van der Waals surface area (Å²) in [7, 11) is 0. The van der Waals surface area contributed by atoms with Crippen LogP contribution in [-0.2, 0) is 9.59 Å². The van der Waals surface area contributed by atoms with E-state index in [0.717, 1.165) is 0 Å². The molecule has 0 spiro atoms. The standard InChI is InChI=1S/C13H16N2O4/c14-9-5-12(17)15(7-9)11(6-13(18)19)8-2-1-3-10(16)4-8/h1-4,9,11,16H,5-7,14H2,(H,18,19). The van der Waals surface area contributed by atoms with Crippen LogP contribution in [0.2, 0.25) is 0 Å². The van der Waals surface area contributed by atoms with Crippen LogP contribution in [0.25, 0.3) is 0 Å². The van der Waals surface area contributed by atoms with Gasteiger partial charge in [-0.05, 0) is 17.7 Å². The zero-order valence-corrected chi connectivity index (χ0v) is 10.3. The molecule has 19 heavy (non-hydrogen) atoms. The molecule has 1 aromatic rings. The average molecular weight is 264 g/mol. The number of rotatable bonds is 4. The number of carbonyl (C=O) groups excluding carboxylic acids is 1. The summed E-state index contributed by atoms with van der Waals surface area (Å²) >= 11 is 0. The maximum Gasteiger partial charge on any atom is 0.305 e. The topological polar surface area (TPSA) is 104 Å². The summed E-state index contributed by atoms with van der Waals surface area (Å²) < 4.78 is 0. The molecule has 1 fully saturated rings. The van der Waals surface area contributed by atoms with Crippen molar-refractivity contribution < 1.29 is 19.8 Å². The molecule has 1 amide bonds. The Labute approximate surface area is 110 Å². The highest BCUT2D eigenvalue weighted by Crippen LogP contribution is 2.30. The predicted molar refractivity (Wildman–Crippen MR) is 67.4 cm³/mol. The quantitative estimate of drug-likeness (QED) is 0.733. The number of phenolic OH excluding ortho intramolecular Hbond substituents is 1. The second kappa shape index (κ2) is 5.27. The normalized spacial score (nSPS) is 20.6. The van der Waals surface area contributed by atoms with Crippen LogP contribution < -0.4 is 5.73 Å². The minimum Gasteiger partial charge on any atom is -0.508 e. The predicted octanol–water partition coefficient (Wildman–Crippen LogP) is 0.468. The number of carboxylic acid groups (broad SMARTS) is 1. The van der Waals surface area contributed by atoms with Gasteiger partial charge in [0.05, 0.1) is 12.5 Å². The Morgan fingerprint density at radius 1 is 1.53 bits per heavy atom.